The van der Waals surface area contributed by atoms with Gasteiger partial charge < -0.3 is 10.6 Å². The summed E-state index contributed by atoms with van der Waals surface area (Å²) in [7, 11) is 0. The molecule has 1 saturated heterocycles. The maximum absolute atomic E-state index is 12.6. The van der Waals surface area contributed by atoms with Crippen LogP contribution >= 0.6 is 11.8 Å². The van der Waals surface area contributed by atoms with Crippen LogP contribution in [0.1, 0.15) is 23.4 Å². The highest BCUT2D eigenvalue weighted by Gasteiger charge is 2.27. The molecular weight excluding hydrogens is 440 g/mol. The number of benzene rings is 2. The Labute approximate surface area is 195 Å². The van der Waals surface area contributed by atoms with Gasteiger partial charge in [-0.3, -0.25) is 19.5 Å². The summed E-state index contributed by atoms with van der Waals surface area (Å²) in [6.07, 6.45) is 0.490. The number of carbonyl (C=O) groups excluding carboxylic acids is 3. The molecule has 0 radical (unpaired) electrons. The van der Waals surface area contributed by atoms with E-state index in [1.54, 1.807) is 0 Å². The van der Waals surface area contributed by atoms with E-state index in [9.17, 15) is 14.4 Å². The topological polar surface area (TPSA) is 118 Å². The standard InChI is InChI=1S/C23H24N6O3S/c1-14-6-5-8-17(10-14)29-19(11-16-12-20(30)26-22(32)24-16)27-28-23(29)33-13-21(31)25-18-9-4-3-7-15(18)2/h3-10,16H,11-13H2,1-2H3,(H,25,31)(H2,24,26,30,32). The van der Waals surface area contributed by atoms with Crippen LogP contribution in [-0.2, 0) is 16.0 Å². The lowest BCUT2D eigenvalue weighted by Crippen LogP contribution is -2.53. The minimum absolute atomic E-state index is 0.147. The highest BCUT2D eigenvalue weighted by atomic mass is 32.2. The van der Waals surface area contributed by atoms with Crippen molar-refractivity contribution >= 4 is 35.3 Å². The fraction of sp³-hybridized carbons (Fsp3) is 0.261. The normalized spacial score (nSPS) is 15.6. The first-order chi connectivity index (χ1) is 15.9. The van der Waals surface area contributed by atoms with Crippen molar-refractivity contribution < 1.29 is 14.4 Å². The molecule has 3 N–H and O–H groups in total. The Bertz CT molecular complexity index is 1190. The number of hydrogen-bond donors (Lipinski definition) is 3. The average molecular weight is 465 g/mol. The molecular formula is C23H24N6O3S. The Balaban J connectivity index is 1.54. The fourth-order valence-electron chi connectivity index (χ4n) is 3.60. The summed E-state index contributed by atoms with van der Waals surface area (Å²) >= 11 is 1.28. The first-order valence-corrected chi connectivity index (χ1v) is 11.5. The predicted molar refractivity (Wildman–Crippen MR) is 125 cm³/mol. The van der Waals surface area contributed by atoms with Gasteiger partial charge in [0.05, 0.1) is 5.75 Å². The SMILES string of the molecule is Cc1cccc(-n2c(CC3CC(=O)NC(=O)N3)nnc2SCC(=O)Nc2ccccc2C)c1. The lowest BCUT2D eigenvalue weighted by molar-refractivity contribution is -0.121. The number of thioether (sulfide) groups is 1. The van der Waals surface area contributed by atoms with Crippen molar-refractivity contribution in [3.05, 3.63) is 65.5 Å². The summed E-state index contributed by atoms with van der Waals surface area (Å²) in [5, 5.41) is 17.1. The molecule has 0 spiro atoms. The first kappa shape index (κ1) is 22.5. The molecule has 1 aliphatic heterocycles. The zero-order chi connectivity index (χ0) is 23.4. The number of aryl methyl sites for hydroxylation is 2. The zero-order valence-corrected chi connectivity index (χ0v) is 19.1. The van der Waals surface area contributed by atoms with E-state index in [4.69, 9.17) is 0 Å². The molecule has 33 heavy (non-hydrogen) atoms. The Morgan fingerprint density at radius 3 is 2.73 bits per heavy atom. The monoisotopic (exact) mass is 464 g/mol. The number of nitrogens with zero attached hydrogens (tertiary/aromatic N) is 3. The maximum Gasteiger partial charge on any atom is 0.321 e. The first-order valence-electron chi connectivity index (χ1n) is 10.5. The highest BCUT2D eigenvalue weighted by Crippen LogP contribution is 2.24. The van der Waals surface area contributed by atoms with Crippen LogP contribution in [0.25, 0.3) is 5.69 Å². The van der Waals surface area contributed by atoms with E-state index >= 15 is 0 Å². The largest absolute Gasteiger partial charge is 0.334 e. The molecule has 2 aromatic carbocycles. The van der Waals surface area contributed by atoms with Gasteiger partial charge in [-0.15, -0.1) is 10.2 Å². The van der Waals surface area contributed by atoms with Crippen molar-refractivity contribution in [2.75, 3.05) is 11.1 Å². The molecule has 2 heterocycles. The molecule has 1 atom stereocenters. The third kappa shape index (κ3) is 5.58. The van der Waals surface area contributed by atoms with Crippen LogP contribution in [0.5, 0.6) is 0 Å². The number of carbonyl (C=O) groups is 3. The molecule has 4 amide bonds. The third-order valence-corrected chi connectivity index (χ3v) is 6.09. The number of urea groups is 1. The Hall–Kier alpha value is -3.66. The van der Waals surface area contributed by atoms with Crippen LogP contribution in [0, 0.1) is 13.8 Å². The molecule has 3 aromatic rings. The lowest BCUT2D eigenvalue weighted by atomic mass is 10.1. The zero-order valence-electron chi connectivity index (χ0n) is 18.3. The summed E-state index contributed by atoms with van der Waals surface area (Å²) in [6.45, 7) is 3.93. The Morgan fingerprint density at radius 1 is 1.15 bits per heavy atom. The van der Waals surface area contributed by atoms with Gasteiger partial charge >= 0.3 is 6.03 Å². The summed E-state index contributed by atoms with van der Waals surface area (Å²) in [5.74, 6) is 0.280. The Kier molecular flexibility index (Phi) is 6.74. The third-order valence-electron chi connectivity index (χ3n) is 5.16. The molecule has 0 bridgehead atoms. The number of hydrogen-bond acceptors (Lipinski definition) is 6. The number of amides is 4. The van der Waals surface area contributed by atoms with E-state index in [2.05, 4.69) is 26.1 Å². The second kappa shape index (κ2) is 9.86. The van der Waals surface area contributed by atoms with Crippen molar-refractivity contribution in [1.29, 1.82) is 0 Å². The second-order valence-corrected chi connectivity index (χ2v) is 8.79. The van der Waals surface area contributed by atoms with Gasteiger partial charge in [0.15, 0.2) is 5.16 Å². The van der Waals surface area contributed by atoms with E-state index in [0.717, 1.165) is 22.5 Å². The van der Waals surface area contributed by atoms with E-state index in [1.165, 1.54) is 11.8 Å². The number of nitrogens with one attached hydrogen (secondary N) is 3. The van der Waals surface area contributed by atoms with Gasteiger partial charge in [0.2, 0.25) is 11.8 Å². The van der Waals surface area contributed by atoms with Crippen LogP contribution in [-0.4, -0.2) is 44.4 Å². The highest BCUT2D eigenvalue weighted by molar-refractivity contribution is 7.99. The molecule has 1 aliphatic rings. The molecule has 1 aromatic heterocycles. The number of rotatable bonds is 7. The van der Waals surface area contributed by atoms with E-state index in [-0.39, 0.29) is 30.0 Å². The van der Waals surface area contributed by atoms with Crippen LogP contribution in [0.3, 0.4) is 0 Å². The molecule has 0 aliphatic carbocycles. The average Bonchev–Trinajstić information content (AvgIpc) is 3.15. The molecule has 10 heteroatoms. The van der Waals surface area contributed by atoms with Gasteiger partial charge in [0.25, 0.3) is 0 Å². The van der Waals surface area contributed by atoms with Gasteiger partial charge in [-0.1, -0.05) is 42.1 Å². The van der Waals surface area contributed by atoms with Crippen molar-refractivity contribution in [3.8, 4) is 5.69 Å². The minimum Gasteiger partial charge on any atom is -0.334 e. The quantitative estimate of drug-likeness (QED) is 0.463. The van der Waals surface area contributed by atoms with E-state index in [0.29, 0.717) is 17.4 Å². The van der Waals surface area contributed by atoms with Gasteiger partial charge in [0, 0.05) is 30.3 Å². The molecule has 9 nitrogen and oxygen atoms in total. The van der Waals surface area contributed by atoms with Crippen LogP contribution in [0.15, 0.2) is 53.7 Å². The molecule has 1 unspecified atom stereocenters. The number of para-hydroxylation sites is 1. The maximum atomic E-state index is 12.6. The van der Waals surface area contributed by atoms with Crippen LogP contribution in [0.2, 0.25) is 0 Å². The molecule has 1 fully saturated rings. The summed E-state index contributed by atoms with van der Waals surface area (Å²) < 4.78 is 1.87. The van der Waals surface area contributed by atoms with Crippen molar-refractivity contribution in [2.24, 2.45) is 0 Å². The summed E-state index contributed by atoms with van der Waals surface area (Å²) in [4.78, 5) is 36.0. The summed E-state index contributed by atoms with van der Waals surface area (Å²) in [5.41, 5.74) is 3.67. The smallest absolute Gasteiger partial charge is 0.321 e. The minimum atomic E-state index is -0.514. The predicted octanol–water partition coefficient (Wildman–Crippen LogP) is 2.76. The second-order valence-electron chi connectivity index (χ2n) is 7.85. The number of anilines is 1. The van der Waals surface area contributed by atoms with Crippen molar-refractivity contribution in [2.45, 2.75) is 37.9 Å². The van der Waals surface area contributed by atoms with Crippen molar-refractivity contribution in [1.82, 2.24) is 25.4 Å². The van der Waals surface area contributed by atoms with Gasteiger partial charge in [0.1, 0.15) is 5.82 Å². The van der Waals surface area contributed by atoms with Gasteiger partial charge in [-0.25, -0.2) is 4.79 Å². The lowest BCUT2D eigenvalue weighted by Gasteiger charge is -2.23. The number of imide groups is 1. The van der Waals surface area contributed by atoms with Gasteiger partial charge in [-0.05, 0) is 43.2 Å². The van der Waals surface area contributed by atoms with E-state index < -0.39 is 6.03 Å². The molecule has 4 rings (SSSR count). The molecule has 0 saturated carbocycles. The number of aromatic nitrogens is 3. The molecule has 170 valence electrons. The summed E-state index contributed by atoms with van der Waals surface area (Å²) in [6, 6.07) is 14.5. The van der Waals surface area contributed by atoms with Crippen molar-refractivity contribution in [3.63, 3.8) is 0 Å². The van der Waals surface area contributed by atoms with Crippen LogP contribution < -0.4 is 16.0 Å². The fourth-order valence-corrected chi connectivity index (χ4v) is 4.37. The van der Waals surface area contributed by atoms with Crippen LogP contribution in [0.4, 0.5) is 10.5 Å². The van der Waals surface area contributed by atoms with Gasteiger partial charge in [-0.2, -0.15) is 0 Å². The Morgan fingerprint density at radius 2 is 1.97 bits per heavy atom. The van der Waals surface area contributed by atoms with E-state index in [1.807, 2.05) is 66.9 Å².